The van der Waals surface area contributed by atoms with Gasteiger partial charge in [-0.3, -0.25) is 4.98 Å². The molecule has 5 heterocycles. The number of nitrogens with two attached hydrogens (primary N) is 5. The van der Waals surface area contributed by atoms with E-state index < -0.39 is 71.1 Å². The molecule has 8 atom stereocenters. The van der Waals surface area contributed by atoms with Crippen molar-refractivity contribution in [3.63, 3.8) is 0 Å². The van der Waals surface area contributed by atoms with Gasteiger partial charge in [0, 0.05) is 64.6 Å². The molecule has 0 radical (unpaired) electrons. The van der Waals surface area contributed by atoms with E-state index in [1.54, 1.807) is 0 Å². The lowest BCUT2D eigenvalue weighted by Gasteiger charge is -2.29. The average molecular weight is 1110 g/mol. The third-order valence-electron chi connectivity index (χ3n) is 10.2. The van der Waals surface area contributed by atoms with Gasteiger partial charge in [0.15, 0.2) is 0 Å². The zero-order chi connectivity index (χ0) is 53.8. The molecule has 0 amide bonds. The number of pyridine rings is 1. The van der Waals surface area contributed by atoms with Gasteiger partial charge in [-0.25, -0.2) is 67.8 Å². The first-order valence-corrected chi connectivity index (χ1v) is 31.1. The van der Waals surface area contributed by atoms with Crippen molar-refractivity contribution in [3.8, 4) is 5.75 Å². The van der Waals surface area contributed by atoms with Crippen molar-refractivity contribution >= 4 is 50.1 Å². The Kier molecular flexibility index (Phi) is 28.9. The Morgan fingerprint density at radius 3 is 0.886 bits per heavy atom. The van der Waals surface area contributed by atoms with Crippen LogP contribution >= 0.6 is 0 Å². The summed E-state index contributed by atoms with van der Waals surface area (Å²) in [5.74, 6) is 0.395. The van der Waals surface area contributed by atoms with Gasteiger partial charge in [-0.2, -0.15) is 0 Å². The van der Waals surface area contributed by atoms with Crippen LogP contribution in [-0.2, 0) is 69.1 Å². The molecule has 1 aromatic rings. The molecule has 0 bridgehead atoms. The summed E-state index contributed by atoms with van der Waals surface area (Å²) >= 11 is 0. The molecule has 5 rings (SSSR count). The standard InChI is InChI=1S/4C8H18N2O3S.C8H12N2O3S/c5*1-6(2)13-7-3-8(5-10-4-7)14(9,11)12/h4*6-8,10H,3-5H2,1-2H3,(H2,9,11,12);3-6H,1-2H3,(H2,9,11,12)/t2*7-,8+;2*7-,8-;/m1010./s1. The Balaban J connectivity index is 0.000000437. The summed E-state index contributed by atoms with van der Waals surface area (Å²) < 4.78 is 138. The van der Waals surface area contributed by atoms with Crippen LogP contribution in [0.5, 0.6) is 5.75 Å². The van der Waals surface area contributed by atoms with Gasteiger partial charge in [0.2, 0.25) is 50.1 Å². The zero-order valence-electron chi connectivity index (χ0n) is 42.2. The Morgan fingerprint density at radius 1 is 0.429 bits per heavy atom. The van der Waals surface area contributed by atoms with Gasteiger partial charge >= 0.3 is 0 Å². The van der Waals surface area contributed by atoms with Gasteiger partial charge in [-0.05, 0) is 94.9 Å². The van der Waals surface area contributed by atoms with Crippen molar-refractivity contribution in [1.29, 1.82) is 0 Å². The predicted octanol–water partition coefficient (Wildman–Crippen LogP) is -1.76. The van der Waals surface area contributed by atoms with E-state index >= 15 is 0 Å². The summed E-state index contributed by atoms with van der Waals surface area (Å²) in [5, 5.41) is 35.2. The number of ether oxygens (including phenoxy) is 5. The van der Waals surface area contributed by atoms with E-state index in [-0.39, 0.29) is 59.8 Å². The predicted molar refractivity (Wildman–Crippen MR) is 269 cm³/mol. The summed E-state index contributed by atoms with van der Waals surface area (Å²) in [6.07, 6.45) is 4.80. The van der Waals surface area contributed by atoms with Crippen molar-refractivity contribution in [2.45, 2.75) is 176 Å². The van der Waals surface area contributed by atoms with Crippen LogP contribution < -0.4 is 51.7 Å². The Bertz CT molecular complexity index is 2010. The van der Waals surface area contributed by atoms with Crippen LogP contribution in [0.2, 0.25) is 0 Å². The maximum absolute atomic E-state index is 11.1. The maximum atomic E-state index is 11.1. The number of hydrogen-bond donors (Lipinski definition) is 9. The van der Waals surface area contributed by atoms with Crippen molar-refractivity contribution < 1.29 is 65.8 Å². The van der Waals surface area contributed by atoms with Gasteiger partial charge in [-0.1, -0.05) is 0 Å². The van der Waals surface area contributed by atoms with E-state index in [0.717, 1.165) is 0 Å². The van der Waals surface area contributed by atoms with E-state index in [0.29, 0.717) is 83.8 Å². The molecule has 4 aliphatic heterocycles. The summed E-state index contributed by atoms with van der Waals surface area (Å²) in [5.41, 5.74) is 0. The van der Waals surface area contributed by atoms with Crippen molar-refractivity contribution in [3.05, 3.63) is 18.5 Å². The molecule has 70 heavy (non-hydrogen) atoms. The van der Waals surface area contributed by atoms with Crippen molar-refractivity contribution in [2.24, 2.45) is 25.7 Å². The van der Waals surface area contributed by atoms with E-state index in [2.05, 4.69) is 26.3 Å². The molecule has 4 aliphatic rings. The summed E-state index contributed by atoms with van der Waals surface area (Å²) in [6, 6.07) is 1.35. The van der Waals surface area contributed by atoms with E-state index in [4.69, 9.17) is 49.4 Å². The lowest BCUT2D eigenvalue weighted by molar-refractivity contribution is -0.00375. The fourth-order valence-corrected chi connectivity index (χ4v) is 11.1. The van der Waals surface area contributed by atoms with Gasteiger partial charge in [0.05, 0.1) is 82.1 Å². The van der Waals surface area contributed by atoms with E-state index in [9.17, 15) is 42.1 Å². The van der Waals surface area contributed by atoms with Crippen LogP contribution in [0.1, 0.15) is 94.9 Å². The first kappa shape index (κ1) is 66.2. The summed E-state index contributed by atoms with van der Waals surface area (Å²) in [4.78, 5) is 3.67. The minimum absolute atomic E-state index is 0.0347. The molecular formula is C40H84N10O15S5. The quantitative estimate of drug-likeness (QED) is 0.0939. The average Bonchev–Trinajstić information content (AvgIpc) is 3.20. The Labute approximate surface area is 418 Å². The Morgan fingerprint density at radius 2 is 0.686 bits per heavy atom. The van der Waals surface area contributed by atoms with Gasteiger partial charge < -0.3 is 45.0 Å². The normalized spacial score (nSPS) is 25.9. The number of aromatic nitrogens is 1. The zero-order valence-corrected chi connectivity index (χ0v) is 46.3. The van der Waals surface area contributed by atoms with E-state index in [1.165, 1.54) is 18.5 Å². The topological polar surface area (TPSA) is 408 Å². The molecule has 25 nitrogen and oxygen atoms in total. The number of primary sulfonamides is 5. The number of hydrogen-bond acceptors (Lipinski definition) is 20. The summed E-state index contributed by atoms with van der Waals surface area (Å²) in [7, 11) is -17.5. The number of nitrogens with zero attached hydrogens (tertiary/aromatic N) is 1. The molecular weight excluding hydrogens is 1020 g/mol. The second-order valence-corrected chi connectivity index (χ2v) is 27.7. The van der Waals surface area contributed by atoms with Crippen LogP contribution in [0.25, 0.3) is 0 Å². The number of nitrogens with one attached hydrogen (secondary N) is 4. The highest BCUT2D eigenvalue weighted by Crippen LogP contribution is 2.18. The molecule has 0 aliphatic carbocycles. The molecule has 0 unspecified atom stereocenters. The third-order valence-corrected chi connectivity index (χ3v) is 16.2. The van der Waals surface area contributed by atoms with Crippen molar-refractivity contribution in [2.75, 3.05) is 52.4 Å². The summed E-state index contributed by atoms with van der Waals surface area (Å²) in [6.45, 7) is 23.6. The van der Waals surface area contributed by atoms with Crippen LogP contribution in [0, 0.1) is 0 Å². The second kappa shape index (κ2) is 30.5. The molecule has 0 spiro atoms. The van der Waals surface area contributed by atoms with Crippen molar-refractivity contribution in [1.82, 2.24) is 26.3 Å². The van der Waals surface area contributed by atoms with Gasteiger partial charge in [0.1, 0.15) is 10.6 Å². The van der Waals surface area contributed by atoms with Crippen LogP contribution in [0.4, 0.5) is 0 Å². The monoisotopic (exact) mass is 1100 g/mol. The molecule has 414 valence electrons. The molecule has 14 N–H and O–H groups in total. The lowest BCUT2D eigenvalue weighted by Crippen LogP contribution is -2.49. The Hall–Kier alpha value is -1.82. The van der Waals surface area contributed by atoms with Crippen LogP contribution in [-0.4, -0.2) is 175 Å². The highest BCUT2D eigenvalue weighted by Gasteiger charge is 2.33. The minimum atomic E-state index is -3.70. The minimum Gasteiger partial charge on any atom is -0.489 e. The fourth-order valence-electron chi connectivity index (χ4n) is 7.31. The highest BCUT2D eigenvalue weighted by molar-refractivity contribution is 7.90. The smallest absolute Gasteiger partial charge is 0.239 e. The van der Waals surface area contributed by atoms with Crippen LogP contribution in [0.3, 0.4) is 0 Å². The highest BCUT2D eigenvalue weighted by atomic mass is 32.2. The number of sulfonamides is 5. The molecule has 0 saturated carbocycles. The number of piperidine rings is 4. The van der Waals surface area contributed by atoms with Crippen LogP contribution in [0.15, 0.2) is 23.4 Å². The first-order valence-electron chi connectivity index (χ1n) is 23.1. The first-order chi connectivity index (χ1) is 32.0. The third kappa shape index (κ3) is 29.2. The van der Waals surface area contributed by atoms with E-state index in [1.807, 2.05) is 69.2 Å². The molecule has 4 fully saturated rings. The van der Waals surface area contributed by atoms with Gasteiger partial charge in [0.25, 0.3) is 0 Å². The second-order valence-electron chi connectivity index (χ2n) is 18.7. The van der Waals surface area contributed by atoms with Gasteiger partial charge in [-0.15, -0.1) is 0 Å². The number of rotatable bonds is 15. The maximum Gasteiger partial charge on any atom is 0.239 e. The fraction of sp³-hybridized carbons (Fsp3) is 0.875. The SMILES string of the molecule is CC(C)O[C@@H]1CNC[C@@H](S(N)(=O)=O)C1.CC(C)O[C@@H]1CNC[C@H](S(N)(=O)=O)C1.CC(C)O[C@H]1CNC[C@@H](S(N)(=O)=O)C1.CC(C)O[C@H]1CNC[C@H](S(N)(=O)=O)C1.CC(C)Oc1cncc(S(N)(=O)=O)c1. The molecule has 1 aromatic heterocycles. The molecule has 0 aromatic carbocycles. The molecule has 30 heteroatoms. The molecule has 4 saturated heterocycles. The largest absolute Gasteiger partial charge is 0.489 e. The lowest BCUT2D eigenvalue weighted by atomic mass is 10.1.